The van der Waals surface area contributed by atoms with Gasteiger partial charge in [0.2, 0.25) is 11.4 Å². The number of unbranched alkanes of at least 4 members (excludes halogenated alkanes) is 12. The molecule has 3 rings (SSSR count). The molecule has 0 amide bonds. The second-order valence-electron chi connectivity index (χ2n) is 12.6. The van der Waals surface area contributed by atoms with E-state index >= 15 is 0 Å². The van der Waals surface area contributed by atoms with Gasteiger partial charge in [0.25, 0.3) is 0 Å². The van der Waals surface area contributed by atoms with Gasteiger partial charge in [0.15, 0.2) is 0 Å². The van der Waals surface area contributed by atoms with E-state index in [4.69, 9.17) is 0 Å². The number of nitrogens with zero attached hydrogens (tertiary/aromatic N) is 2. The summed E-state index contributed by atoms with van der Waals surface area (Å²) in [4.78, 5) is 0. The minimum Gasteiger partial charge on any atom is -0.493 e. The Morgan fingerprint density at radius 1 is 0.574 bits per heavy atom. The molecule has 1 heterocycles. The Kier molecular flexibility index (Phi) is 28.7. The molecular weight excluding hydrogens is 663 g/mol. The number of allylic oxidation sites excluding steroid dienone is 4. The second-order valence-corrected chi connectivity index (χ2v) is 12.6. The maximum atomic E-state index is 11.4. The van der Waals surface area contributed by atoms with Crippen LogP contribution in [0.1, 0.15) is 166 Å². The van der Waals surface area contributed by atoms with Crippen LogP contribution in [0.4, 0.5) is 0 Å². The van der Waals surface area contributed by atoms with Crippen LogP contribution in [0.2, 0.25) is 0 Å². The molecule has 0 unspecified atom stereocenters. The summed E-state index contributed by atoms with van der Waals surface area (Å²) in [5.74, 6) is 0. The molecule has 0 fully saturated rings. The van der Waals surface area contributed by atoms with Crippen molar-refractivity contribution in [3.8, 4) is 0 Å². The van der Waals surface area contributed by atoms with E-state index in [0.717, 1.165) is 60.2 Å². The Morgan fingerprint density at radius 3 is 1.45 bits per heavy atom. The quantitative estimate of drug-likeness (QED) is 0.0561. The van der Waals surface area contributed by atoms with Crippen LogP contribution in [0.25, 0.3) is 16.9 Å². The molecule has 2 nitrogen and oxygen atoms in total. The number of hydrogen-bond acceptors (Lipinski definition) is 0. The average Bonchev–Trinajstić information content (AvgIpc) is 3.43. The molecule has 0 aromatic heterocycles. The Morgan fingerprint density at radius 2 is 1.00 bits per heavy atom. The summed E-state index contributed by atoms with van der Waals surface area (Å²) >= 11 is 0. The van der Waals surface area contributed by atoms with Crippen LogP contribution >= 0.6 is 0 Å². The van der Waals surface area contributed by atoms with Crippen molar-refractivity contribution in [2.75, 3.05) is 0 Å². The summed E-state index contributed by atoms with van der Waals surface area (Å²) in [5, 5.41) is 0. The van der Waals surface area contributed by atoms with Gasteiger partial charge < -0.3 is 19.4 Å². The average molecular weight is 731 g/mol. The van der Waals surface area contributed by atoms with Crippen molar-refractivity contribution in [2.45, 2.75) is 157 Å². The Hall–Kier alpha value is -2.08. The minimum atomic E-state index is 0. The fraction of sp³-hybridized carbons (Fsp3) is 0.545. The molecule has 3 heteroatoms. The zero-order valence-electron chi connectivity index (χ0n) is 30.9. The van der Waals surface area contributed by atoms with Crippen LogP contribution < -0.4 is 0 Å². The zero-order valence-corrected chi connectivity index (χ0v) is 32.5. The first-order valence-corrected chi connectivity index (χ1v) is 18.9. The maximum absolute atomic E-state index is 11.4. The minimum absolute atomic E-state index is 0. The molecule has 0 atom stereocenters. The third-order valence-electron chi connectivity index (χ3n) is 8.35. The van der Waals surface area contributed by atoms with E-state index in [2.05, 4.69) is 115 Å². The smallest absolute Gasteiger partial charge is 0.493 e. The maximum Gasteiger partial charge on any atom is 2.00 e. The molecule has 264 valence electrons. The third-order valence-corrected chi connectivity index (χ3v) is 8.35. The van der Waals surface area contributed by atoms with Gasteiger partial charge in [-0.1, -0.05) is 142 Å². The Labute approximate surface area is 305 Å². The number of aryl methyl sites for hydroxylation is 2. The van der Waals surface area contributed by atoms with Gasteiger partial charge in [-0.3, -0.25) is 0 Å². The predicted molar refractivity (Wildman–Crippen MR) is 206 cm³/mol. The van der Waals surface area contributed by atoms with E-state index < -0.39 is 0 Å². The van der Waals surface area contributed by atoms with Gasteiger partial charge in [0.1, 0.15) is 0 Å². The Balaban J connectivity index is 0.00000211. The molecule has 1 aliphatic heterocycles. The van der Waals surface area contributed by atoms with Crippen LogP contribution in [0, 0.1) is 13.8 Å². The summed E-state index contributed by atoms with van der Waals surface area (Å²) in [6.45, 7) is 18.2. The largest absolute Gasteiger partial charge is 2.00 e. The molecule has 2 aromatic rings. The van der Waals surface area contributed by atoms with Gasteiger partial charge in [-0.25, -0.2) is 4.70 Å². The molecule has 1 aliphatic rings. The standard InChI is InChI=1S/C36H50N2.2C4H9.Pd/c1-4-7-10-11-12-13-14-15-16-17-20-34-29-35(32-25-21-30(22-26-32)18-8-5-2)38(37)36(34)33-27-23-31(24-28-33)19-9-6-3;2*1-3-4-2;/h17,20-29H,4-16,18-19H2,1-3H3;2*1,3-4H2,2H3;/q;2*-1;+2. The predicted octanol–water partition coefficient (Wildman–Crippen LogP) is 14.5. The molecule has 0 N–H and O–H groups in total. The normalized spacial score (nSPS) is 12.3. The van der Waals surface area contributed by atoms with Crippen molar-refractivity contribution >= 4 is 11.4 Å². The monoisotopic (exact) mass is 730 g/mol. The van der Waals surface area contributed by atoms with Crippen molar-refractivity contribution in [1.82, 2.24) is 0 Å². The van der Waals surface area contributed by atoms with Crippen molar-refractivity contribution < 1.29 is 25.1 Å². The second kappa shape index (κ2) is 30.0. The van der Waals surface area contributed by atoms with E-state index in [1.165, 1.54) is 106 Å². The molecule has 0 saturated carbocycles. The van der Waals surface area contributed by atoms with Gasteiger partial charge in [0.05, 0.1) is 5.57 Å². The summed E-state index contributed by atoms with van der Waals surface area (Å²) in [6.07, 6.45) is 30.1. The van der Waals surface area contributed by atoms with E-state index in [-0.39, 0.29) is 20.4 Å². The fourth-order valence-electron chi connectivity index (χ4n) is 5.18. The SMILES string of the molecule is CCCCCCCCCCC=CC1=C(c2ccc(CCCC)cc2)[N+](=[N-])C(c2ccc(CCCC)cc2)=C1.[CH2-]CCC.[CH2-]CCC.[Pd+2]. The first-order valence-electron chi connectivity index (χ1n) is 18.9. The number of rotatable bonds is 20. The van der Waals surface area contributed by atoms with Gasteiger partial charge in [-0.2, -0.15) is 12.8 Å². The van der Waals surface area contributed by atoms with Gasteiger partial charge >= 0.3 is 20.4 Å². The number of benzene rings is 2. The molecule has 0 aliphatic carbocycles. The van der Waals surface area contributed by atoms with Gasteiger partial charge in [0, 0.05) is 17.2 Å². The van der Waals surface area contributed by atoms with E-state index in [1.807, 2.05) is 0 Å². The van der Waals surface area contributed by atoms with E-state index in [9.17, 15) is 5.53 Å². The van der Waals surface area contributed by atoms with Crippen LogP contribution in [-0.2, 0) is 33.3 Å². The van der Waals surface area contributed by atoms with Crippen molar-refractivity contribution in [2.24, 2.45) is 0 Å². The molecular formula is C44H68N2Pd. The van der Waals surface area contributed by atoms with Crippen LogP contribution in [0.5, 0.6) is 0 Å². The zero-order chi connectivity index (χ0) is 33.8. The van der Waals surface area contributed by atoms with E-state index in [0.29, 0.717) is 0 Å². The topological polar surface area (TPSA) is 25.3 Å². The van der Waals surface area contributed by atoms with Gasteiger partial charge in [-0.05, 0) is 73.9 Å². The summed E-state index contributed by atoms with van der Waals surface area (Å²) in [5.41, 5.74) is 19.0. The van der Waals surface area contributed by atoms with Crippen molar-refractivity contribution in [3.63, 3.8) is 0 Å². The summed E-state index contributed by atoms with van der Waals surface area (Å²) in [6, 6.07) is 17.5. The number of hydrogen-bond donors (Lipinski definition) is 0. The fourth-order valence-corrected chi connectivity index (χ4v) is 5.18. The molecule has 2 aromatic carbocycles. The van der Waals surface area contributed by atoms with E-state index in [1.54, 1.807) is 0 Å². The Bertz CT molecular complexity index is 1130. The van der Waals surface area contributed by atoms with Gasteiger partial charge in [-0.15, -0.1) is 0 Å². The molecule has 0 saturated heterocycles. The first kappa shape index (κ1) is 44.9. The molecule has 0 bridgehead atoms. The molecule has 0 radical (unpaired) electrons. The summed E-state index contributed by atoms with van der Waals surface area (Å²) in [7, 11) is 0. The first-order chi connectivity index (χ1) is 22.5. The van der Waals surface area contributed by atoms with Crippen molar-refractivity contribution in [3.05, 3.63) is 114 Å². The van der Waals surface area contributed by atoms with Crippen LogP contribution in [0.15, 0.2) is 72.3 Å². The van der Waals surface area contributed by atoms with Crippen LogP contribution in [0.3, 0.4) is 0 Å². The van der Waals surface area contributed by atoms with Crippen molar-refractivity contribution in [1.29, 1.82) is 0 Å². The molecule has 47 heavy (non-hydrogen) atoms. The van der Waals surface area contributed by atoms with Crippen LogP contribution in [-0.4, -0.2) is 4.70 Å². The molecule has 0 spiro atoms. The third kappa shape index (κ3) is 18.9. The summed E-state index contributed by atoms with van der Waals surface area (Å²) < 4.78 is 1.40.